The largest absolute Gasteiger partial charge is 0.377 e. The average Bonchev–Trinajstić information content (AvgIpc) is 2.53. The van der Waals surface area contributed by atoms with Crippen LogP contribution in [-0.2, 0) is 9.47 Å². The number of aromatic nitrogens is 3. The molecular weight excluding hydrogens is 294 g/mol. The molecular formula is C16H25N5O2. The second-order valence-corrected chi connectivity index (χ2v) is 6.88. The molecule has 0 bridgehead atoms. The van der Waals surface area contributed by atoms with E-state index >= 15 is 0 Å². The van der Waals surface area contributed by atoms with E-state index in [0.717, 1.165) is 57.2 Å². The first-order chi connectivity index (χ1) is 11.2. The van der Waals surface area contributed by atoms with Crippen LogP contribution >= 0.6 is 0 Å². The maximum absolute atomic E-state index is 5.73. The molecule has 7 nitrogen and oxygen atoms in total. The molecule has 0 aromatic carbocycles. The molecule has 3 heterocycles. The van der Waals surface area contributed by atoms with Crippen LogP contribution in [0.3, 0.4) is 0 Å². The summed E-state index contributed by atoms with van der Waals surface area (Å²) in [4.78, 5) is 18.7. The summed E-state index contributed by atoms with van der Waals surface area (Å²) in [6.45, 7) is 8.79. The highest BCUT2D eigenvalue weighted by atomic mass is 16.5. The van der Waals surface area contributed by atoms with E-state index in [9.17, 15) is 0 Å². The van der Waals surface area contributed by atoms with Crippen LogP contribution in [-0.4, -0.2) is 66.0 Å². The molecule has 126 valence electrons. The maximum Gasteiger partial charge on any atom is 0.231 e. The van der Waals surface area contributed by atoms with Gasteiger partial charge in [-0.3, -0.25) is 0 Å². The Morgan fingerprint density at radius 3 is 2.57 bits per heavy atom. The summed E-state index contributed by atoms with van der Waals surface area (Å²) in [5.41, 5.74) is 0.111. The van der Waals surface area contributed by atoms with Crippen molar-refractivity contribution in [2.24, 2.45) is 0 Å². The van der Waals surface area contributed by atoms with Crippen molar-refractivity contribution in [3.05, 3.63) is 5.82 Å². The molecule has 7 heteroatoms. The summed E-state index contributed by atoms with van der Waals surface area (Å²) in [5.74, 6) is 2.38. The minimum absolute atomic E-state index is 0.111. The molecule has 3 fully saturated rings. The smallest absolute Gasteiger partial charge is 0.231 e. The summed E-state index contributed by atoms with van der Waals surface area (Å²) in [6.07, 6.45) is 3.60. The first kappa shape index (κ1) is 15.1. The number of ether oxygens (including phenoxy) is 2. The third-order valence-corrected chi connectivity index (χ3v) is 5.28. The average molecular weight is 319 g/mol. The first-order valence-corrected chi connectivity index (χ1v) is 8.60. The van der Waals surface area contributed by atoms with E-state index in [1.165, 1.54) is 19.3 Å². The van der Waals surface area contributed by atoms with Crippen LogP contribution in [0, 0.1) is 6.92 Å². The second kappa shape index (κ2) is 5.87. The van der Waals surface area contributed by atoms with Crippen molar-refractivity contribution in [3.8, 4) is 0 Å². The summed E-state index contributed by atoms with van der Waals surface area (Å²) in [7, 11) is 0. The maximum atomic E-state index is 5.73. The normalized spacial score (nSPS) is 27.1. The highest BCUT2D eigenvalue weighted by Gasteiger charge is 2.46. The number of aryl methyl sites for hydroxylation is 1. The van der Waals surface area contributed by atoms with Crippen molar-refractivity contribution in [1.29, 1.82) is 0 Å². The van der Waals surface area contributed by atoms with E-state index in [-0.39, 0.29) is 5.54 Å². The van der Waals surface area contributed by atoms with Crippen LogP contribution < -0.4 is 9.80 Å². The van der Waals surface area contributed by atoms with Gasteiger partial charge in [-0.2, -0.15) is 15.0 Å². The topological polar surface area (TPSA) is 63.6 Å². The molecule has 0 amide bonds. The van der Waals surface area contributed by atoms with Crippen molar-refractivity contribution >= 4 is 11.9 Å². The van der Waals surface area contributed by atoms with E-state index in [4.69, 9.17) is 14.5 Å². The van der Waals surface area contributed by atoms with Crippen LogP contribution in [0.2, 0.25) is 0 Å². The summed E-state index contributed by atoms with van der Waals surface area (Å²) in [5, 5.41) is 0. The second-order valence-electron chi connectivity index (χ2n) is 6.88. The molecule has 1 spiro atoms. The number of hydrogen-bond acceptors (Lipinski definition) is 7. The highest BCUT2D eigenvalue weighted by molar-refractivity contribution is 5.44. The fourth-order valence-corrected chi connectivity index (χ4v) is 3.77. The molecule has 1 aromatic heterocycles. The molecule has 23 heavy (non-hydrogen) atoms. The highest BCUT2D eigenvalue weighted by Crippen LogP contribution is 2.41. The van der Waals surface area contributed by atoms with E-state index in [1.54, 1.807) is 0 Å². The Hall–Kier alpha value is -1.47. The predicted octanol–water partition coefficient (Wildman–Crippen LogP) is 1.16. The molecule has 1 aliphatic carbocycles. The Kier molecular flexibility index (Phi) is 3.85. The minimum Gasteiger partial charge on any atom is -0.377 e. The van der Waals surface area contributed by atoms with Gasteiger partial charge in [0.1, 0.15) is 5.82 Å². The molecule has 0 radical (unpaired) electrons. The van der Waals surface area contributed by atoms with Gasteiger partial charge in [0.2, 0.25) is 11.9 Å². The Bertz CT molecular complexity index is 578. The van der Waals surface area contributed by atoms with Crippen LogP contribution in [0.5, 0.6) is 0 Å². The summed E-state index contributed by atoms with van der Waals surface area (Å²) < 4.78 is 11.3. The Balaban J connectivity index is 1.66. The summed E-state index contributed by atoms with van der Waals surface area (Å²) in [6, 6.07) is 0.292. The summed E-state index contributed by atoms with van der Waals surface area (Å²) >= 11 is 0. The van der Waals surface area contributed by atoms with Gasteiger partial charge in [0.15, 0.2) is 0 Å². The van der Waals surface area contributed by atoms with Gasteiger partial charge in [-0.1, -0.05) is 0 Å². The molecule has 0 N–H and O–H groups in total. The van der Waals surface area contributed by atoms with Gasteiger partial charge < -0.3 is 19.3 Å². The molecule has 1 atom stereocenters. The Labute approximate surface area is 137 Å². The fourth-order valence-electron chi connectivity index (χ4n) is 3.77. The molecule has 1 saturated carbocycles. The molecule has 3 aliphatic rings. The quantitative estimate of drug-likeness (QED) is 0.810. The minimum atomic E-state index is 0.111. The lowest BCUT2D eigenvalue weighted by molar-refractivity contribution is 0.0123. The lowest BCUT2D eigenvalue weighted by Crippen LogP contribution is -2.61. The van der Waals surface area contributed by atoms with Crippen LogP contribution in [0.1, 0.15) is 32.0 Å². The van der Waals surface area contributed by atoms with Crippen LogP contribution in [0.15, 0.2) is 0 Å². The zero-order valence-corrected chi connectivity index (χ0v) is 14.0. The van der Waals surface area contributed by atoms with Gasteiger partial charge >= 0.3 is 0 Å². The van der Waals surface area contributed by atoms with Crippen molar-refractivity contribution in [1.82, 2.24) is 15.0 Å². The monoisotopic (exact) mass is 319 g/mol. The standard InChI is InChI=1S/C16H25N5O2/c1-12-10-22-8-6-20(12)14-17-13(2)18-15(19-14)21-7-9-23-11-16(21)4-3-5-16/h12H,3-11H2,1-2H3/t12-/m1/s1. The third kappa shape index (κ3) is 2.65. The number of hydrogen-bond donors (Lipinski definition) is 0. The number of anilines is 2. The lowest BCUT2D eigenvalue weighted by Gasteiger charge is -2.52. The number of nitrogens with zero attached hydrogens (tertiary/aromatic N) is 5. The van der Waals surface area contributed by atoms with Crippen molar-refractivity contribution in [3.63, 3.8) is 0 Å². The molecule has 2 aliphatic heterocycles. The van der Waals surface area contributed by atoms with Gasteiger partial charge in [-0.15, -0.1) is 0 Å². The van der Waals surface area contributed by atoms with E-state index < -0.39 is 0 Å². The number of morpholine rings is 2. The van der Waals surface area contributed by atoms with Gasteiger partial charge in [0, 0.05) is 13.1 Å². The van der Waals surface area contributed by atoms with Crippen molar-refractivity contribution in [2.45, 2.75) is 44.7 Å². The Morgan fingerprint density at radius 1 is 1.04 bits per heavy atom. The zero-order chi connectivity index (χ0) is 15.9. The molecule has 4 rings (SSSR count). The van der Waals surface area contributed by atoms with Crippen LogP contribution in [0.4, 0.5) is 11.9 Å². The third-order valence-electron chi connectivity index (χ3n) is 5.28. The van der Waals surface area contributed by atoms with E-state index in [0.29, 0.717) is 6.04 Å². The first-order valence-electron chi connectivity index (χ1n) is 8.60. The van der Waals surface area contributed by atoms with Crippen LogP contribution in [0.25, 0.3) is 0 Å². The molecule has 0 unspecified atom stereocenters. The van der Waals surface area contributed by atoms with Gasteiger partial charge in [-0.25, -0.2) is 0 Å². The zero-order valence-electron chi connectivity index (χ0n) is 14.0. The molecule has 1 aromatic rings. The lowest BCUT2D eigenvalue weighted by atomic mass is 9.75. The SMILES string of the molecule is Cc1nc(N2CCOC[C@H]2C)nc(N2CCOCC23CCC3)n1. The van der Waals surface area contributed by atoms with E-state index in [2.05, 4.69) is 26.7 Å². The van der Waals surface area contributed by atoms with Gasteiger partial charge in [-0.05, 0) is 33.1 Å². The van der Waals surface area contributed by atoms with Gasteiger partial charge in [0.05, 0.1) is 38.0 Å². The fraction of sp³-hybridized carbons (Fsp3) is 0.812. The predicted molar refractivity (Wildman–Crippen MR) is 86.9 cm³/mol. The number of rotatable bonds is 2. The molecule has 2 saturated heterocycles. The van der Waals surface area contributed by atoms with Crippen molar-refractivity contribution in [2.75, 3.05) is 49.3 Å². The Morgan fingerprint density at radius 2 is 1.83 bits per heavy atom. The van der Waals surface area contributed by atoms with Crippen molar-refractivity contribution < 1.29 is 9.47 Å². The van der Waals surface area contributed by atoms with Gasteiger partial charge in [0.25, 0.3) is 0 Å². The van der Waals surface area contributed by atoms with E-state index in [1.807, 2.05) is 6.92 Å².